The molecule has 1 aliphatic heterocycles. The number of benzene rings is 3. The van der Waals surface area contributed by atoms with Crippen molar-refractivity contribution in [1.82, 2.24) is 0 Å². The third-order valence-corrected chi connectivity index (χ3v) is 5.97. The number of carbonyl (C=O) groups excluding carboxylic acids is 2. The van der Waals surface area contributed by atoms with Crippen LogP contribution < -0.4 is 15.4 Å². The van der Waals surface area contributed by atoms with E-state index in [9.17, 15) is 9.59 Å². The number of thioether (sulfide) groups is 1. The summed E-state index contributed by atoms with van der Waals surface area (Å²) in [4.78, 5) is 26.1. The van der Waals surface area contributed by atoms with Crippen LogP contribution in [-0.4, -0.2) is 17.6 Å². The highest BCUT2D eigenvalue weighted by molar-refractivity contribution is 8.00. The minimum atomic E-state index is -0.213. The molecule has 0 aliphatic carbocycles. The van der Waals surface area contributed by atoms with Crippen LogP contribution in [0.5, 0.6) is 0 Å². The van der Waals surface area contributed by atoms with Crippen LogP contribution in [0.4, 0.5) is 17.1 Å². The van der Waals surface area contributed by atoms with Crippen LogP contribution in [0.25, 0.3) is 0 Å². The van der Waals surface area contributed by atoms with Crippen molar-refractivity contribution < 1.29 is 9.59 Å². The highest BCUT2D eigenvalue weighted by Crippen LogP contribution is 2.32. The van der Waals surface area contributed by atoms with E-state index in [1.807, 2.05) is 60.7 Å². The van der Waals surface area contributed by atoms with Crippen LogP contribution in [-0.2, 0) is 4.79 Å². The van der Waals surface area contributed by atoms with Crippen LogP contribution in [0.15, 0.2) is 82.6 Å². The summed E-state index contributed by atoms with van der Waals surface area (Å²) in [6, 6.07) is 22.9. The topological polar surface area (TPSA) is 70.2 Å². The molecule has 0 radical (unpaired) electrons. The molecular weight excluding hydrogens is 390 g/mol. The zero-order valence-corrected chi connectivity index (χ0v) is 16.4. The third-order valence-electron chi connectivity index (χ3n) is 4.05. The molecule has 4 rings (SSSR count). The number of hydrogen-bond acceptors (Lipinski definition) is 5. The number of amides is 2. The van der Waals surface area contributed by atoms with E-state index in [-0.39, 0.29) is 11.8 Å². The fraction of sp³-hybridized carbons (Fsp3) is 0.0476. The van der Waals surface area contributed by atoms with E-state index < -0.39 is 0 Å². The number of carbonyl (C=O) groups is 2. The summed E-state index contributed by atoms with van der Waals surface area (Å²) in [5, 5.41) is 5.69. The Balaban J connectivity index is 1.38. The van der Waals surface area contributed by atoms with E-state index in [1.165, 1.54) is 23.7 Å². The lowest BCUT2D eigenvalue weighted by molar-refractivity contribution is -0.113. The predicted octanol–water partition coefficient (Wildman–Crippen LogP) is 5.10. The molecule has 0 fully saturated rings. The first-order chi connectivity index (χ1) is 13.7. The SMILES string of the molecule is O=C1CSc2ccc(C(=O)Nc3ccc(SNc4ccccc4)cc3)cc2N1. The molecule has 3 aromatic rings. The number of rotatable bonds is 5. The van der Waals surface area contributed by atoms with Crippen LogP contribution in [0.3, 0.4) is 0 Å². The Kier molecular flexibility index (Phi) is 5.55. The molecule has 0 saturated carbocycles. The van der Waals surface area contributed by atoms with Gasteiger partial charge in [0.25, 0.3) is 5.91 Å². The highest BCUT2D eigenvalue weighted by atomic mass is 32.2. The van der Waals surface area contributed by atoms with Crippen LogP contribution >= 0.6 is 23.7 Å². The molecule has 1 aliphatic rings. The highest BCUT2D eigenvalue weighted by Gasteiger charge is 2.17. The second-order valence-corrected chi connectivity index (χ2v) is 7.99. The van der Waals surface area contributed by atoms with Crippen LogP contribution in [0.1, 0.15) is 10.4 Å². The average molecular weight is 408 g/mol. The van der Waals surface area contributed by atoms with Gasteiger partial charge in [-0.05, 0) is 66.5 Å². The Morgan fingerprint density at radius 1 is 0.964 bits per heavy atom. The van der Waals surface area contributed by atoms with E-state index >= 15 is 0 Å². The van der Waals surface area contributed by atoms with Crippen molar-refractivity contribution in [3.8, 4) is 0 Å². The molecule has 2 amide bonds. The summed E-state index contributed by atoms with van der Waals surface area (Å²) in [7, 11) is 0. The van der Waals surface area contributed by atoms with Gasteiger partial charge in [-0.15, -0.1) is 11.8 Å². The van der Waals surface area contributed by atoms with Crippen molar-refractivity contribution in [2.75, 3.05) is 21.1 Å². The minimum absolute atomic E-state index is 0.0488. The molecule has 0 saturated heterocycles. The van der Waals surface area contributed by atoms with Crippen molar-refractivity contribution in [1.29, 1.82) is 0 Å². The number of hydrogen-bond donors (Lipinski definition) is 3. The quantitative estimate of drug-likeness (QED) is 0.513. The molecule has 140 valence electrons. The molecule has 1 heterocycles. The van der Waals surface area contributed by atoms with E-state index in [4.69, 9.17) is 0 Å². The molecular formula is C21H17N3O2S2. The Morgan fingerprint density at radius 3 is 2.54 bits per heavy atom. The Bertz CT molecular complexity index is 1010. The van der Waals surface area contributed by atoms with Gasteiger partial charge in [0, 0.05) is 26.7 Å². The van der Waals surface area contributed by atoms with Crippen molar-refractivity contribution in [3.05, 3.63) is 78.4 Å². The van der Waals surface area contributed by atoms with Crippen molar-refractivity contribution >= 4 is 52.6 Å². The zero-order chi connectivity index (χ0) is 19.3. The first kappa shape index (κ1) is 18.5. The first-order valence-electron chi connectivity index (χ1n) is 8.63. The molecule has 5 nitrogen and oxygen atoms in total. The summed E-state index contributed by atoms with van der Waals surface area (Å²) in [5.41, 5.74) is 2.94. The Morgan fingerprint density at radius 2 is 1.75 bits per heavy atom. The summed E-state index contributed by atoms with van der Waals surface area (Å²) >= 11 is 2.98. The maximum absolute atomic E-state index is 12.5. The first-order valence-corrected chi connectivity index (χ1v) is 10.4. The lowest BCUT2D eigenvalue weighted by Crippen LogP contribution is -2.19. The molecule has 7 heteroatoms. The van der Waals surface area contributed by atoms with E-state index in [1.54, 1.807) is 12.1 Å². The number of fused-ring (bicyclic) bond motifs is 1. The van der Waals surface area contributed by atoms with Gasteiger partial charge in [0.1, 0.15) is 0 Å². The summed E-state index contributed by atoms with van der Waals surface area (Å²) in [6.07, 6.45) is 0. The number of para-hydroxylation sites is 1. The fourth-order valence-corrected chi connectivity index (χ4v) is 4.09. The van der Waals surface area contributed by atoms with Crippen molar-refractivity contribution in [2.24, 2.45) is 0 Å². The van der Waals surface area contributed by atoms with Gasteiger partial charge in [-0.2, -0.15) is 0 Å². The van der Waals surface area contributed by atoms with Crippen LogP contribution in [0.2, 0.25) is 0 Å². The van der Waals surface area contributed by atoms with Gasteiger partial charge in [0.05, 0.1) is 11.4 Å². The van der Waals surface area contributed by atoms with Crippen molar-refractivity contribution in [2.45, 2.75) is 9.79 Å². The molecule has 3 aromatic carbocycles. The Hall–Kier alpha value is -2.90. The second-order valence-electron chi connectivity index (χ2n) is 6.10. The van der Waals surface area contributed by atoms with Gasteiger partial charge in [0.2, 0.25) is 5.91 Å². The Labute approximate surface area is 171 Å². The van der Waals surface area contributed by atoms with Gasteiger partial charge in [-0.25, -0.2) is 0 Å². The lowest BCUT2D eigenvalue weighted by atomic mass is 10.1. The largest absolute Gasteiger partial charge is 0.326 e. The predicted molar refractivity (Wildman–Crippen MR) is 116 cm³/mol. The van der Waals surface area contributed by atoms with Gasteiger partial charge < -0.3 is 15.4 Å². The standard InChI is InChI=1S/C21H17N3O2S2/c25-20-13-27-19-11-6-14(12-18(19)23-20)21(26)22-15-7-9-17(10-8-15)28-24-16-4-2-1-3-5-16/h1-12,24H,13H2,(H,22,26)(H,23,25). The summed E-state index contributed by atoms with van der Waals surface area (Å²) < 4.78 is 3.27. The summed E-state index contributed by atoms with van der Waals surface area (Å²) in [5.74, 6) is 0.143. The third kappa shape index (κ3) is 4.49. The second kappa shape index (κ2) is 8.41. The maximum atomic E-state index is 12.5. The number of anilines is 3. The van der Waals surface area contributed by atoms with Crippen molar-refractivity contribution in [3.63, 3.8) is 0 Å². The lowest BCUT2D eigenvalue weighted by Gasteiger charge is -2.17. The minimum Gasteiger partial charge on any atom is -0.326 e. The molecule has 28 heavy (non-hydrogen) atoms. The average Bonchev–Trinajstić information content (AvgIpc) is 2.73. The van der Waals surface area contributed by atoms with Crippen LogP contribution in [0, 0.1) is 0 Å². The smallest absolute Gasteiger partial charge is 0.255 e. The number of nitrogens with one attached hydrogen (secondary N) is 3. The van der Waals surface area contributed by atoms with Gasteiger partial charge in [-0.3, -0.25) is 9.59 Å². The molecule has 0 aromatic heterocycles. The molecule has 0 unspecified atom stereocenters. The molecule has 0 spiro atoms. The maximum Gasteiger partial charge on any atom is 0.255 e. The van der Waals surface area contributed by atoms with E-state index in [0.29, 0.717) is 22.7 Å². The van der Waals surface area contributed by atoms with Gasteiger partial charge >= 0.3 is 0 Å². The zero-order valence-electron chi connectivity index (χ0n) is 14.8. The van der Waals surface area contributed by atoms with Gasteiger partial charge in [-0.1, -0.05) is 18.2 Å². The summed E-state index contributed by atoms with van der Waals surface area (Å²) in [6.45, 7) is 0. The fourth-order valence-electron chi connectivity index (χ4n) is 2.66. The monoisotopic (exact) mass is 407 g/mol. The molecule has 3 N–H and O–H groups in total. The molecule has 0 atom stereocenters. The molecule has 0 bridgehead atoms. The normalized spacial score (nSPS) is 12.6. The van der Waals surface area contributed by atoms with E-state index in [0.717, 1.165) is 15.5 Å². The van der Waals surface area contributed by atoms with Gasteiger partial charge in [0.15, 0.2) is 0 Å². The van der Waals surface area contributed by atoms with E-state index in [2.05, 4.69) is 15.4 Å².